The minimum absolute atomic E-state index is 0.103. The van der Waals surface area contributed by atoms with Crippen molar-refractivity contribution in [3.63, 3.8) is 0 Å². The zero-order valence-electron chi connectivity index (χ0n) is 14.6. The van der Waals surface area contributed by atoms with E-state index >= 15 is 0 Å². The Morgan fingerprint density at radius 3 is 2.59 bits per heavy atom. The first kappa shape index (κ1) is 17.2. The van der Waals surface area contributed by atoms with E-state index in [9.17, 15) is 4.79 Å². The van der Waals surface area contributed by atoms with Gasteiger partial charge in [-0.05, 0) is 47.7 Å². The molecule has 1 amide bonds. The van der Waals surface area contributed by atoms with Gasteiger partial charge in [0.25, 0.3) is 5.91 Å². The molecule has 2 aromatic carbocycles. The monoisotopic (exact) mass is 374 g/mol. The molecular formula is C21H18N4OS. The number of aromatic nitrogens is 2. The van der Waals surface area contributed by atoms with Crippen molar-refractivity contribution in [1.29, 1.82) is 0 Å². The molecule has 0 bridgehead atoms. The average molecular weight is 374 g/mol. The Kier molecular flexibility index (Phi) is 5.07. The van der Waals surface area contributed by atoms with Gasteiger partial charge in [0.1, 0.15) is 12.1 Å². The van der Waals surface area contributed by atoms with Gasteiger partial charge in [-0.1, -0.05) is 30.3 Å². The summed E-state index contributed by atoms with van der Waals surface area (Å²) in [4.78, 5) is 20.8. The third kappa shape index (κ3) is 4.12. The zero-order chi connectivity index (χ0) is 18.5. The summed E-state index contributed by atoms with van der Waals surface area (Å²) in [6, 6.07) is 19.1. The Morgan fingerprint density at radius 1 is 0.963 bits per heavy atom. The Bertz CT molecular complexity index is 1040. The van der Waals surface area contributed by atoms with Crippen LogP contribution in [0.2, 0.25) is 0 Å². The number of fused-ring (bicyclic) bond motifs is 1. The van der Waals surface area contributed by atoms with E-state index < -0.39 is 0 Å². The standard InChI is InChI=1S/C21H18N4OS/c26-21(16-4-2-1-3-5-16)25-17-8-6-15(7-9-17)10-12-22-20-19-18(11-13-27-19)23-14-24-20/h1-9,11,13-14H,10,12H2,(H,25,26)(H,22,23,24). The molecule has 4 rings (SSSR count). The topological polar surface area (TPSA) is 66.9 Å². The van der Waals surface area contributed by atoms with E-state index in [0.717, 1.165) is 34.7 Å². The lowest BCUT2D eigenvalue weighted by Gasteiger charge is -2.08. The van der Waals surface area contributed by atoms with Crippen LogP contribution in [0.15, 0.2) is 72.4 Å². The molecular weight excluding hydrogens is 356 g/mol. The van der Waals surface area contributed by atoms with Crippen LogP contribution in [0.4, 0.5) is 11.5 Å². The van der Waals surface area contributed by atoms with Gasteiger partial charge in [-0.25, -0.2) is 9.97 Å². The first-order valence-corrected chi connectivity index (χ1v) is 9.55. The predicted octanol–water partition coefficient (Wildman–Crippen LogP) is 4.60. The van der Waals surface area contributed by atoms with E-state index in [0.29, 0.717) is 5.56 Å². The summed E-state index contributed by atoms with van der Waals surface area (Å²) in [6.45, 7) is 0.778. The lowest BCUT2D eigenvalue weighted by atomic mass is 10.1. The molecule has 134 valence electrons. The summed E-state index contributed by atoms with van der Waals surface area (Å²) in [5.41, 5.74) is 3.60. The highest BCUT2D eigenvalue weighted by atomic mass is 32.1. The van der Waals surface area contributed by atoms with E-state index in [-0.39, 0.29) is 5.91 Å². The molecule has 2 N–H and O–H groups in total. The number of nitrogens with zero attached hydrogens (tertiary/aromatic N) is 2. The van der Waals surface area contributed by atoms with Crippen LogP contribution >= 0.6 is 11.3 Å². The number of rotatable bonds is 6. The molecule has 0 atom stereocenters. The number of hydrogen-bond donors (Lipinski definition) is 2. The lowest BCUT2D eigenvalue weighted by molar-refractivity contribution is 0.102. The van der Waals surface area contributed by atoms with Gasteiger partial charge in [0, 0.05) is 17.8 Å². The van der Waals surface area contributed by atoms with Crippen LogP contribution in [-0.2, 0) is 6.42 Å². The number of nitrogens with one attached hydrogen (secondary N) is 2. The zero-order valence-corrected chi connectivity index (χ0v) is 15.4. The number of benzene rings is 2. The van der Waals surface area contributed by atoms with E-state index in [1.807, 2.05) is 53.9 Å². The summed E-state index contributed by atoms with van der Waals surface area (Å²) in [6.07, 6.45) is 2.45. The van der Waals surface area contributed by atoms with Gasteiger partial charge in [0.15, 0.2) is 0 Å². The molecule has 0 radical (unpaired) electrons. The average Bonchev–Trinajstić information content (AvgIpc) is 3.20. The van der Waals surface area contributed by atoms with E-state index in [1.54, 1.807) is 29.8 Å². The molecule has 0 aliphatic heterocycles. The van der Waals surface area contributed by atoms with Gasteiger partial charge in [-0.3, -0.25) is 4.79 Å². The van der Waals surface area contributed by atoms with Crippen molar-refractivity contribution in [3.05, 3.63) is 83.5 Å². The number of thiophene rings is 1. The Morgan fingerprint density at radius 2 is 1.78 bits per heavy atom. The second-order valence-electron chi connectivity index (χ2n) is 6.05. The Labute approximate surface area is 161 Å². The van der Waals surface area contributed by atoms with Crippen LogP contribution in [0, 0.1) is 0 Å². The number of carbonyl (C=O) groups excluding carboxylic acids is 1. The molecule has 27 heavy (non-hydrogen) atoms. The van der Waals surface area contributed by atoms with Crippen molar-refractivity contribution in [1.82, 2.24) is 9.97 Å². The molecule has 2 aromatic heterocycles. The lowest BCUT2D eigenvalue weighted by Crippen LogP contribution is -2.11. The number of anilines is 2. The van der Waals surface area contributed by atoms with Crippen LogP contribution in [-0.4, -0.2) is 22.4 Å². The Balaban J connectivity index is 1.33. The van der Waals surface area contributed by atoms with Crippen LogP contribution in [0.25, 0.3) is 10.2 Å². The highest BCUT2D eigenvalue weighted by Gasteiger charge is 2.06. The SMILES string of the molecule is O=C(Nc1ccc(CCNc2ncnc3ccsc23)cc1)c1ccccc1. The molecule has 0 aliphatic rings. The molecule has 0 spiro atoms. The maximum absolute atomic E-state index is 12.2. The third-order valence-electron chi connectivity index (χ3n) is 4.20. The molecule has 0 saturated heterocycles. The minimum Gasteiger partial charge on any atom is -0.368 e. The van der Waals surface area contributed by atoms with Gasteiger partial charge in [-0.15, -0.1) is 11.3 Å². The van der Waals surface area contributed by atoms with Crippen molar-refractivity contribution in [3.8, 4) is 0 Å². The van der Waals surface area contributed by atoms with Crippen LogP contribution < -0.4 is 10.6 Å². The number of hydrogen-bond acceptors (Lipinski definition) is 5. The first-order valence-electron chi connectivity index (χ1n) is 8.67. The van der Waals surface area contributed by atoms with Gasteiger partial charge >= 0.3 is 0 Å². The maximum Gasteiger partial charge on any atom is 0.255 e. The molecule has 5 nitrogen and oxygen atoms in total. The maximum atomic E-state index is 12.2. The highest BCUT2D eigenvalue weighted by molar-refractivity contribution is 7.17. The van der Waals surface area contributed by atoms with E-state index in [1.165, 1.54) is 5.56 Å². The summed E-state index contributed by atoms with van der Waals surface area (Å²) in [7, 11) is 0. The third-order valence-corrected chi connectivity index (χ3v) is 5.11. The largest absolute Gasteiger partial charge is 0.368 e. The fourth-order valence-electron chi connectivity index (χ4n) is 2.79. The summed E-state index contributed by atoms with van der Waals surface area (Å²) in [5.74, 6) is 0.774. The fourth-order valence-corrected chi connectivity index (χ4v) is 3.60. The van der Waals surface area contributed by atoms with Gasteiger partial charge in [-0.2, -0.15) is 0 Å². The quantitative estimate of drug-likeness (QED) is 0.518. The first-order chi connectivity index (χ1) is 13.3. The predicted molar refractivity (Wildman–Crippen MR) is 110 cm³/mol. The molecule has 4 aromatic rings. The van der Waals surface area contributed by atoms with Gasteiger partial charge < -0.3 is 10.6 Å². The van der Waals surface area contributed by atoms with Crippen molar-refractivity contribution in [2.45, 2.75) is 6.42 Å². The van der Waals surface area contributed by atoms with Crippen LogP contribution in [0.5, 0.6) is 0 Å². The molecule has 0 aliphatic carbocycles. The number of carbonyl (C=O) groups is 1. The number of amides is 1. The second kappa shape index (κ2) is 7.97. The van der Waals surface area contributed by atoms with Crippen molar-refractivity contribution in [2.75, 3.05) is 17.2 Å². The van der Waals surface area contributed by atoms with E-state index in [4.69, 9.17) is 0 Å². The van der Waals surface area contributed by atoms with E-state index in [2.05, 4.69) is 20.6 Å². The molecule has 0 fully saturated rings. The summed E-state index contributed by atoms with van der Waals surface area (Å²) in [5, 5.41) is 8.32. The minimum atomic E-state index is -0.103. The van der Waals surface area contributed by atoms with Gasteiger partial charge in [0.2, 0.25) is 0 Å². The molecule has 0 saturated carbocycles. The highest BCUT2D eigenvalue weighted by Crippen LogP contribution is 2.24. The second-order valence-corrected chi connectivity index (χ2v) is 6.97. The normalized spacial score (nSPS) is 10.7. The van der Waals surface area contributed by atoms with Gasteiger partial charge in [0.05, 0.1) is 10.2 Å². The Hall–Kier alpha value is -3.25. The molecule has 0 unspecified atom stereocenters. The molecule has 6 heteroatoms. The summed E-state index contributed by atoms with van der Waals surface area (Å²) >= 11 is 1.64. The fraction of sp³-hybridized carbons (Fsp3) is 0.0952. The molecule has 2 heterocycles. The summed E-state index contributed by atoms with van der Waals surface area (Å²) < 4.78 is 1.08. The van der Waals surface area contributed by atoms with Crippen molar-refractivity contribution in [2.24, 2.45) is 0 Å². The van der Waals surface area contributed by atoms with Crippen LogP contribution in [0.3, 0.4) is 0 Å². The van der Waals surface area contributed by atoms with Crippen molar-refractivity contribution >= 4 is 39.0 Å². The van der Waals surface area contributed by atoms with Crippen LogP contribution in [0.1, 0.15) is 15.9 Å². The van der Waals surface area contributed by atoms with Crippen molar-refractivity contribution < 1.29 is 4.79 Å². The smallest absolute Gasteiger partial charge is 0.255 e.